The molecule has 0 rings (SSSR count). The van der Waals surface area contributed by atoms with Crippen molar-refractivity contribution in [1.82, 2.24) is 5.32 Å². The zero-order valence-corrected chi connectivity index (χ0v) is 10.5. The first kappa shape index (κ1) is 13.7. The molecule has 14 heavy (non-hydrogen) atoms. The highest BCUT2D eigenvalue weighted by Gasteiger charge is 2.33. The minimum atomic E-state index is -0.0635. The fraction of sp³-hybridized carbons (Fsp3) is 0.833. The van der Waals surface area contributed by atoms with Gasteiger partial charge in [-0.25, -0.2) is 0 Å². The molecule has 0 amide bonds. The van der Waals surface area contributed by atoms with Crippen LogP contribution in [0.2, 0.25) is 0 Å². The third-order valence-electron chi connectivity index (χ3n) is 2.98. The fourth-order valence-electron chi connectivity index (χ4n) is 1.94. The van der Waals surface area contributed by atoms with E-state index in [9.17, 15) is 0 Å². The van der Waals surface area contributed by atoms with Crippen molar-refractivity contribution in [3.8, 4) is 0 Å². The highest BCUT2D eigenvalue weighted by molar-refractivity contribution is 5.08. The smallest absolute Gasteiger partial charge is 0.0861 e. The van der Waals surface area contributed by atoms with Crippen LogP contribution in [0.5, 0.6) is 0 Å². The summed E-state index contributed by atoms with van der Waals surface area (Å²) in [5.74, 6) is 0. The Morgan fingerprint density at radius 2 is 1.86 bits per heavy atom. The van der Waals surface area contributed by atoms with Gasteiger partial charge in [0.15, 0.2) is 0 Å². The van der Waals surface area contributed by atoms with Gasteiger partial charge in [-0.05, 0) is 33.7 Å². The summed E-state index contributed by atoms with van der Waals surface area (Å²) in [6.07, 6.45) is 4.29. The van der Waals surface area contributed by atoms with Crippen molar-refractivity contribution in [1.29, 1.82) is 0 Å². The van der Waals surface area contributed by atoms with Gasteiger partial charge < -0.3 is 10.1 Å². The molecule has 84 valence electrons. The maximum atomic E-state index is 5.68. The Morgan fingerprint density at radius 3 is 2.07 bits per heavy atom. The Balaban J connectivity index is 4.84. The van der Waals surface area contributed by atoms with Gasteiger partial charge in [0.25, 0.3) is 0 Å². The van der Waals surface area contributed by atoms with E-state index in [1.807, 2.05) is 7.05 Å². The summed E-state index contributed by atoms with van der Waals surface area (Å²) < 4.78 is 5.68. The molecule has 0 saturated carbocycles. The summed E-state index contributed by atoms with van der Waals surface area (Å²) in [4.78, 5) is 0. The molecule has 0 bridgehead atoms. The lowest BCUT2D eigenvalue weighted by Gasteiger charge is -2.37. The Kier molecular flexibility index (Phi) is 6.05. The topological polar surface area (TPSA) is 21.3 Å². The second kappa shape index (κ2) is 6.20. The average molecular weight is 199 g/mol. The maximum Gasteiger partial charge on any atom is 0.0861 e. The number of hydrogen-bond donors (Lipinski definition) is 1. The van der Waals surface area contributed by atoms with Crippen LogP contribution in [0, 0.1) is 0 Å². The molecule has 2 heteroatoms. The van der Waals surface area contributed by atoms with Gasteiger partial charge in [0.05, 0.1) is 11.6 Å². The van der Waals surface area contributed by atoms with E-state index in [0.29, 0.717) is 6.04 Å². The summed E-state index contributed by atoms with van der Waals surface area (Å²) in [5.41, 5.74) is 1.26. The molecule has 1 unspecified atom stereocenters. The molecule has 0 spiro atoms. The molecular formula is C12H25NO. The van der Waals surface area contributed by atoms with Crippen LogP contribution in [0.3, 0.4) is 0 Å². The summed E-state index contributed by atoms with van der Waals surface area (Å²) in [5, 5.41) is 3.33. The van der Waals surface area contributed by atoms with Gasteiger partial charge >= 0.3 is 0 Å². The van der Waals surface area contributed by atoms with Crippen LogP contribution < -0.4 is 5.32 Å². The minimum Gasteiger partial charge on any atom is -0.376 e. The third kappa shape index (κ3) is 3.10. The Labute approximate surface area is 88.7 Å². The lowest BCUT2D eigenvalue weighted by Crippen LogP contribution is -2.49. The van der Waals surface area contributed by atoms with Crippen molar-refractivity contribution in [2.75, 3.05) is 14.2 Å². The van der Waals surface area contributed by atoms with Crippen molar-refractivity contribution in [2.45, 2.75) is 52.2 Å². The second-order valence-electron chi connectivity index (χ2n) is 3.99. The van der Waals surface area contributed by atoms with E-state index in [0.717, 1.165) is 12.8 Å². The van der Waals surface area contributed by atoms with Gasteiger partial charge in [0.1, 0.15) is 0 Å². The highest BCUT2D eigenvalue weighted by atomic mass is 16.5. The average Bonchev–Trinajstić information content (AvgIpc) is 2.19. The van der Waals surface area contributed by atoms with Crippen molar-refractivity contribution >= 4 is 0 Å². The van der Waals surface area contributed by atoms with Crippen molar-refractivity contribution in [2.24, 2.45) is 0 Å². The Bertz CT molecular complexity index is 170. The molecular weight excluding hydrogens is 174 g/mol. The molecule has 0 fully saturated rings. The molecule has 0 aliphatic rings. The molecule has 1 N–H and O–H groups in total. The number of allylic oxidation sites excluding steroid dienone is 1. The number of ether oxygens (including phenoxy) is 1. The summed E-state index contributed by atoms with van der Waals surface area (Å²) in [7, 11) is 3.79. The minimum absolute atomic E-state index is 0.0635. The molecule has 0 aliphatic carbocycles. The van der Waals surface area contributed by atoms with Crippen LogP contribution in [0.25, 0.3) is 0 Å². The number of methoxy groups -OCH3 is 1. The molecule has 0 aromatic rings. The number of rotatable bonds is 6. The number of nitrogens with one attached hydrogen (secondary N) is 1. The molecule has 0 aromatic carbocycles. The maximum absolute atomic E-state index is 5.68. The Morgan fingerprint density at radius 1 is 1.36 bits per heavy atom. The lowest BCUT2D eigenvalue weighted by molar-refractivity contribution is -0.0336. The summed E-state index contributed by atoms with van der Waals surface area (Å²) >= 11 is 0. The molecule has 0 aliphatic heterocycles. The summed E-state index contributed by atoms with van der Waals surface area (Å²) in [6, 6.07) is 0.299. The predicted molar refractivity (Wildman–Crippen MR) is 62.6 cm³/mol. The lowest BCUT2D eigenvalue weighted by atomic mass is 9.87. The molecule has 1 atom stereocenters. The quantitative estimate of drug-likeness (QED) is 0.664. The van der Waals surface area contributed by atoms with Gasteiger partial charge in [-0.15, -0.1) is 0 Å². The second-order valence-corrected chi connectivity index (χ2v) is 3.99. The molecule has 0 radical (unpaired) electrons. The molecule has 0 heterocycles. The SMILES string of the molecule is CCC(CC)(OC)C(C=C(C)C)NC. The number of likely N-dealkylation sites (N-methyl/N-ethyl adjacent to an activating group) is 1. The number of hydrogen-bond acceptors (Lipinski definition) is 2. The third-order valence-corrected chi connectivity index (χ3v) is 2.98. The van der Waals surface area contributed by atoms with Crippen LogP contribution >= 0.6 is 0 Å². The highest BCUT2D eigenvalue weighted by Crippen LogP contribution is 2.25. The van der Waals surface area contributed by atoms with E-state index >= 15 is 0 Å². The van der Waals surface area contributed by atoms with Crippen LogP contribution in [0.15, 0.2) is 11.6 Å². The standard InChI is InChI=1S/C12H25NO/c1-7-12(8-2,14-6)11(13-5)9-10(3)4/h9,11,13H,7-8H2,1-6H3. The van der Waals surface area contributed by atoms with Gasteiger partial charge in [0, 0.05) is 7.11 Å². The molecule has 2 nitrogen and oxygen atoms in total. The van der Waals surface area contributed by atoms with Gasteiger partial charge in [0.2, 0.25) is 0 Å². The van der Waals surface area contributed by atoms with E-state index in [2.05, 4.69) is 39.1 Å². The van der Waals surface area contributed by atoms with E-state index < -0.39 is 0 Å². The first-order chi connectivity index (χ1) is 6.56. The fourth-order valence-corrected chi connectivity index (χ4v) is 1.94. The van der Waals surface area contributed by atoms with Crippen LogP contribution in [-0.4, -0.2) is 25.8 Å². The van der Waals surface area contributed by atoms with Gasteiger partial charge in [-0.3, -0.25) is 0 Å². The molecule has 0 aromatic heterocycles. The van der Waals surface area contributed by atoms with E-state index in [1.54, 1.807) is 7.11 Å². The first-order valence-corrected chi connectivity index (χ1v) is 5.43. The Hall–Kier alpha value is -0.340. The largest absolute Gasteiger partial charge is 0.376 e. The zero-order chi connectivity index (χ0) is 11.2. The van der Waals surface area contributed by atoms with E-state index in [-0.39, 0.29) is 5.60 Å². The van der Waals surface area contributed by atoms with E-state index in [1.165, 1.54) is 5.57 Å². The predicted octanol–water partition coefficient (Wildman–Crippen LogP) is 2.75. The summed E-state index contributed by atoms with van der Waals surface area (Å²) in [6.45, 7) is 8.60. The monoisotopic (exact) mass is 199 g/mol. The first-order valence-electron chi connectivity index (χ1n) is 5.43. The van der Waals surface area contributed by atoms with Crippen molar-refractivity contribution < 1.29 is 4.74 Å². The van der Waals surface area contributed by atoms with Crippen molar-refractivity contribution in [3.63, 3.8) is 0 Å². The normalized spacial score (nSPS) is 13.9. The van der Waals surface area contributed by atoms with Crippen LogP contribution in [0.1, 0.15) is 40.5 Å². The van der Waals surface area contributed by atoms with Crippen molar-refractivity contribution in [3.05, 3.63) is 11.6 Å². The zero-order valence-electron chi connectivity index (χ0n) is 10.5. The van der Waals surface area contributed by atoms with E-state index in [4.69, 9.17) is 4.74 Å². The van der Waals surface area contributed by atoms with Crippen LogP contribution in [-0.2, 0) is 4.74 Å². The van der Waals surface area contributed by atoms with Gasteiger partial charge in [-0.2, -0.15) is 0 Å². The van der Waals surface area contributed by atoms with Gasteiger partial charge in [-0.1, -0.05) is 25.5 Å². The van der Waals surface area contributed by atoms with Crippen LogP contribution in [0.4, 0.5) is 0 Å². The molecule has 0 saturated heterocycles.